The molecule has 8 amide bonds. The number of carbonyl (C=O) groups excluding carboxylic acids is 8. The van der Waals surface area contributed by atoms with Crippen LogP contribution in [0.1, 0.15) is 131 Å². The van der Waals surface area contributed by atoms with E-state index in [9.17, 15) is 58.8 Å². The van der Waals surface area contributed by atoms with Crippen LogP contribution in [0.5, 0.6) is 0 Å². The lowest BCUT2D eigenvalue weighted by molar-refractivity contribution is -0.153. The van der Waals surface area contributed by atoms with E-state index in [-0.39, 0.29) is 133 Å². The van der Waals surface area contributed by atoms with Gasteiger partial charge in [0.15, 0.2) is 11.9 Å². The lowest BCUT2D eigenvalue weighted by Gasteiger charge is -2.42. The molecule has 2 saturated heterocycles. The molecular weight excluding hydrogens is 1200 g/mol. The molecule has 6 aliphatic rings. The fraction of sp³-hybridized carbons (Fsp3) is 0.619. The van der Waals surface area contributed by atoms with Gasteiger partial charge in [-0.3, -0.25) is 48.3 Å². The van der Waals surface area contributed by atoms with Crippen molar-refractivity contribution in [3.8, 4) is 0 Å². The molecule has 4 heterocycles. The number of nitrogens with two attached hydrogens (primary N) is 6. The van der Waals surface area contributed by atoms with Crippen LogP contribution in [0, 0.1) is 11.8 Å². The number of likely N-dealkylation sites (tertiary alicyclic amines) is 2. The summed E-state index contributed by atoms with van der Waals surface area (Å²) in [5, 5.41) is 51.9. The fourth-order valence-corrected chi connectivity index (χ4v) is 14.5. The normalized spacial score (nSPS) is 24.1. The third kappa shape index (κ3) is 17.2. The predicted octanol–water partition coefficient (Wildman–Crippen LogP) is -2.76. The Labute approximate surface area is 539 Å². The lowest BCUT2D eigenvalue weighted by atomic mass is 9.84. The number of aliphatic imine (C=N–C) groups is 2. The first-order valence-corrected chi connectivity index (χ1v) is 32.4. The molecule has 0 spiro atoms. The number of rotatable bonds is 28. The maximum absolute atomic E-state index is 15.2. The highest BCUT2D eigenvalue weighted by Crippen LogP contribution is 2.43. The first kappa shape index (κ1) is 70.4. The molecule has 4 aliphatic heterocycles. The average Bonchev–Trinajstić information content (AvgIpc) is 1.72. The summed E-state index contributed by atoms with van der Waals surface area (Å²) in [4.78, 5) is 154. The van der Waals surface area contributed by atoms with Crippen molar-refractivity contribution in [3.05, 3.63) is 70.8 Å². The molecule has 0 aromatic heterocycles. The van der Waals surface area contributed by atoms with Crippen LogP contribution in [0.15, 0.2) is 58.5 Å². The van der Waals surface area contributed by atoms with Gasteiger partial charge < -0.3 is 95.7 Å². The van der Waals surface area contributed by atoms with Crippen LogP contribution in [0.4, 0.5) is 0 Å². The first-order valence-electron chi connectivity index (χ1n) is 32.4. The molecule has 2 aliphatic carbocycles. The summed E-state index contributed by atoms with van der Waals surface area (Å²) >= 11 is 0. The Morgan fingerprint density at radius 3 is 1.20 bits per heavy atom. The molecule has 2 saturated carbocycles. The molecule has 30 nitrogen and oxygen atoms in total. The van der Waals surface area contributed by atoms with Crippen molar-refractivity contribution in [2.45, 2.75) is 208 Å². The van der Waals surface area contributed by atoms with Crippen molar-refractivity contribution in [2.24, 2.45) is 56.2 Å². The van der Waals surface area contributed by atoms with Crippen LogP contribution in [0.25, 0.3) is 0 Å². The smallest absolute Gasteiger partial charge is 0.326 e. The molecule has 30 heteroatoms. The van der Waals surface area contributed by atoms with E-state index in [1.54, 1.807) is 36.4 Å². The van der Waals surface area contributed by atoms with Gasteiger partial charge in [-0.05, 0) is 118 Å². The summed E-state index contributed by atoms with van der Waals surface area (Å²) in [6, 6.07) is 0.787. The number of guanidine groups is 2. The zero-order valence-electron chi connectivity index (χ0n) is 52.4. The van der Waals surface area contributed by atoms with Crippen LogP contribution in [-0.4, -0.2) is 210 Å². The van der Waals surface area contributed by atoms with E-state index in [0.717, 1.165) is 49.7 Å². The number of hydrogen-bond donors (Lipinski definition) is 14. The van der Waals surface area contributed by atoms with Gasteiger partial charge in [-0.15, -0.1) is 0 Å². The first-order chi connectivity index (χ1) is 44.5. The fourth-order valence-electron chi connectivity index (χ4n) is 14.5. The van der Waals surface area contributed by atoms with E-state index in [4.69, 9.17) is 34.4 Å². The molecule has 6 unspecified atom stereocenters. The third-order valence-electron chi connectivity index (χ3n) is 19.3. The zero-order chi connectivity index (χ0) is 67.2. The van der Waals surface area contributed by atoms with Gasteiger partial charge in [0.25, 0.3) is 0 Å². The Hall–Kier alpha value is -8.48. The predicted molar refractivity (Wildman–Crippen MR) is 338 cm³/mol. The summed E-state index contributed by atoms with van der Waals surface area (Å²) in [5.74, 6) is -8.63. The monoisotopic (exact) mass is 1300 g/mol. The Balaban J connectivity index is 0.895. The molecule has 20 N–H and O–H groups in total. The quantitative estimate of drug-likeness (QED) is 0.0233. The number of fused-ring (bicyclic) bond motifs is 4. The summed E-state index contributed by atoms with van der Waals surface area (Å²) < 4.78 is 0. The number of amides is 8. The Morgan fingerprint density at radius 2 is 0.849 bits per heavy atom. The van der Waals surface area contributed by atoms with Gasteiger partial charge >= 0.3 is 11.9 Å². The van der Waals surface area contributed by atoms with Gasteiger partial charge in [-0.2, -0.15) is 0 Å². The van der Waals surface area contributed by atoms with Crippen molar-refractivity contribution < 1.29 is 68.4 Å². The highest BCUT2D eigenvalue weighted by molar-refractivity contribution is 5.98. The molecule has 4 fully saturated rings. The van der Waals surface area contributed by atoms with Gasteiger partial charge in [0.2, 0.25) is 47.3 Å². The topological polar surface area (TPSA) is 494 Å². The van der Waals surface area contributed by atoms with Gasteiger partial charge in [0, 0.05) is 51.1 Å². The molecular formula is C63H92N16O14. The van der Waals surface area contributed by atoms with E-state index in [1.807, 2.05) is 12.1 Å². The number of nitrogens with one attached hydrogen (secondary N) is 4. The van der Waals surface area contributed by atoms with Crippen molar-refractivity contribution in [1.82, 2.24) is 40.9 Å². The van der Waals surface area contributed by atoms with Crippen LogP contribution >= 0.6 is 0 Å². The third-order valence-corrected chi connectivity index (χ3v) is 19.3. The molecule has 2 aromatic rings. The number of benzene rings is 2. The number of aliphatic hydroxyl groups excluding tert-OH is 2. The van der Waals surface area contributed by atoms with Crippen molar-refractivity contribution in [1.29, 1.82) is 0 Å². The Morgan fingerprint density at radius 1 is 0.484 bits per heavy atom. The Bertz CT molecular complexity index is 2920. The molecule has 0 radical (unpaired) electrons. The molecule has 8 rings (SSSR count). The van der Waals surface area contributed by atoms with E-state index < -0.39 is 133 Å². The van der Waals surface area contributed by atoms with Crippen molar-refractivity contribution in [3.63, 3.8) is 0 Å². The van der Waals surface area contributed by atoms with Crippen LogP contribution in [0.3, 0.4) is 0 Å². The summed E-state index contributed by atoms with van der Waals surface area (Å²) in [7, 11) is 0. The highest BCUT2D eigenvalue weighted by atomic mass is 16.4. The average molecular weight is 1300 g/mol. The van der Waals surface area contributed by atoms with Crippen LogP contribution in [0.2, 0.25) is 0 Å². The summed E-state index contributed by atoms with van der Waals surface area (Å²) in [6.45, 7) is -1.68. The second kappa shape index (κ2) is 32.4. The van der Waals surface area contributed by atoms with Crippen LogP contribution in [-0.2, 0) is 73.9 Å². The van der Waals surface area contributed by atoms with E-state index in [2.05, 4.69) is 31.3 Å². The summed E-state index contributed by atoms with van der Waals surface area (Å²) in [6.07, 6.45) is 7.01. The minimum Gasteiger partial charge on any atom is -0.480 e. The van der Waals surface area contributed by atoms with E-state index in [1.165, 1.54) is 19.6 Å². The minimum absolute atomic E-state index is 0.0109. The van der Waals surface area contributed by atoms with Gasteiger partial charge in [0.1, 0.15) is 48.3 Å². The number of carboxylic acids is 2. The Kier molecular flexibility index (Phi) is 24.5. The van der Waals surface area contributed by atoms with Gasteiger partial charge in [-0.1, -0.05) is 74.2 Å². The van der Waals surface area contributed by atoms with Gasteiger partial charge in [-0.25, -0.2) is 9.59 Å². The van der Waals surface area contributed by atoms with E-state index >= 15 is 9.59 Å². The molecule has 93 heavy (non-hydrogen) atoms. The number of aliphatic hydroxyl groups is 2. The van der Waals surface area contributed by atoms with Crippen molar-refractivity contribution >= 4 is 71.1 Å². The lowest BCUT2D eigenvalue weighted by Crippen LogP contribution is -2.62. The molecule has 2 aromatic carbocycles. The molecule has 14 atom stereocenters. The zero-order valence-corrected chi connectivity index (χ0v) is 52.4. The SMILES string of the molecule is NC(N)=NCCC[C@H](NC(=O)[C@@H]1CC2CCCCC2N1C(=O)[C@H]1Cc2ccccc2CN1C(=O)[C@H](CO)NC(=O)C(N)CCCC(N)C(=O)N[C@@H](CO)C(=O)N1Cc2ccccc2C[C@@H]1C(=O)N1C2CCCCC2C[C@H]1C(=O)N[C@@H](CCCN=C(N)N)C(=O)O)C(=O)O. The highest BCUT2D eigenvalue weighted by Gasteiger charge is 2.53. The van der Waals surface area contributed by atoms with E-state index in [0.29, 0.717) is 24.0 Å². The standard InChI is InChI=1S/C63H92N16O14/c64-40(52(82)74-44(32-80)56(86)76-30-38-16-3-1-12-34(38)26-50(76)58(88)78-46-22-7-5-14-36(46)28-48(78)54(84)72-42(60(90)91)20-10-24-70-62(66)67)18-9-19-41(65)53(83)75-45(33-81)57(87)77-31-39-17-4-2-13-35(39)27-51(77)59(89)79-47-23-8-6-15-37(47)29-49(79)55(85)73-43(61(92)93)21-11-25-71-63(68)69/h1-4,12-13,16-17,36-37,40-51,80-81H,5-11,14-15,18-33,64-65H2,(H,72,84)(H,73,85)(H,74,82)(H,75,83)(H,90,91)(H,92,93)(H4,66,67,70)(H4,68,69,71)/t36?,37?,40?,41?,42-,43-,44-,45-,46?,47?,48-,49-,50+,51+/m0/s1. The molecule has 0 bridgehead atoms. The van der Waals surface area contributed by atoms with Gasteiger partial charge in [0.05, 0.1) is 25.3 Å². The second-order valence-electron chi connectivity index (χ2n) is 25.5. The number of aliphatic carboxylic acids is 2. The number of carboxylic acid groups (broad SMARTS) is 2. The maximum Gasteiger partial charge on any atom is 0.326 e. The minimum atomic E-state index is -1.58. The largest absolute Gasteiger partial charge is 0.480 e. The number of hydrogen-bond acceptors (Lipinski definition) is 16. The number of nitrogens with zero attached hydrogens (tertiary/aromatic N) is 6. The number of carbonyl (C=O) groups is 10. The molecule has 508 valence electrons. The van der Waals surface area contributed by atoms with Crippen LogP contribution < -0.4 is 55.7 Å². The second-order valence-corrected chi connectivity index (χ2v) is 25.5. The maximum atomic E-state index is 15.2. The van der Waals surface area contributed by atoms with Crippen molar-refractivity contribution in [2.75, 3.05) is 26.3 Å². The summed E-state index contributed by atoms with van der Waals surface area (Å²) in [5.41, 5.74) is 37.4.